The number of likely N-dealkylation sites (tertiary alicyclic amines) is 1. The van der Waals surface area contributed by atoms with Crippen molar-refractivity contribution in [1.82, 2.24) is 19.9 Å². The third kappa shape index (κ3) is 3.82. The maximum Gasteiger partial charge on any atom is 0.326 e. The van der Waals surface area contributed by atoms with Gasteiger partial charge >= 0.3 is 5.97 Å². The van der Waals surface area contributed by atoms with Crippen molar-refractivity contribution in [3.63, 3.8) is 0 Å². The SMILES string of the molecule is Cc1nc2[nH]cc(CCc3ccc(C(=O)N4CCCCC4C(=O)O)s3)c2c(=O)[nH]1. The molecule has 0 aromatic carbocycles. The Balaban J connectivity index is 1.48. The molecule has 3 aromatic rings. The summed E-state index contributed by atoms with van der Waals surface area (Å²) in [6.45, 7) is 2.22. The number of aliphatic carboxylic acids is 1. The van der Waals surface area contributed by atoms with E-state index < -0.39 is 12.0 Å². The maximum absolute atomic E-state index is 12.8. The summed E-state index contributed by atoms with van der Waals surface area (Å²) in [4.78, 5) is 49.7. The topological polar surface area (TPSA) is 119 Å². The monoisotopic (exact) mass is 414 g/mol. The number of rotatable bonds is 5. The van der Waals surface area contributed by atoms with Crippen LogP contribution in [0.15, 0.2) is 23.1 Å². The van der Waals surface area contributed by atoms with Crippen LogP contribution >= 0.6 is 11.3 Å². The Kier molecular flexibility index (Phi) is 5.23. The number of aryl methyl sites for hydroxylation is 3. The molecule has 0 spiro atoms. The number of hydrogen-bond acceptors (Lipinski definition) is 5. The molecule has 1 saturated heterocycles. The molecule has 0 bridgehead atoms. The Hall–Kier alpha value is -2.94. The molecule has 4 heterocycles. The first kappa shape index (κ1) is 19.4. The van der Waals surface area contributed by atoms with Crippen LogP contribution in [-0.4, -0.2) is 49.4 Å². The second-order valence-electron chi connectivity index (χ2n) is 7.30. The van der Waals surface area contributed by atoms with Gasteiger partial charge in [0.15, 0.2) is 0 Å². The maximum atomic E-state index is 12.8. The summed E-state index contributed by atoms with van der Waals surface area (Å²) in [7, 11) is 0. The fourth-order valence-corrected chi connectivity index (χ4v) is 4.83. The highest BCUT2D eigenvalue weighted by molar-refractivity contribution is 7.14. The van der Waals surface area contributed by atoms with Gasteiger partial charge in [-0.1, -0.05) is 0 Å². The van der Waals surface area contributed by atoms with Crippen molar-refractivity contribution in [2.24, 2.45) is 0 Å². The Morgan fingerprint density at radius 1 is 1.31 bits per heavy atom. The van der Waals surface area contributed by atoms with Gasteiger partial charge in [0.2, 0.25) is 0 Å². The van der Waals surface area contributed by atoms with Crippen LogP contribution < -0.4 is 5.56 Å². The first-order chi connectivity index (χ1) is 13.9. The Labute approximate surface area is 170 Å². The summed E-state index contributed by atoms with van der Waals surface area (Å²) in [5.74, 6) is -0.588. The molecular weight excluding hydrogens is 392 g/mol. The largest absolute Gasteiger partial charge is 0.480 e. The highest BCUT2D eigenvalue weighted by Gasteiger charge is 2.33. The molecule has 29 heavy (non-hydrogen) atoms. The number of H-pyrrole nitrogens is 2. The first-order valence-electron chi connectivity index (χ1n) is 9.63. The average Bonchev–Trinajstić information content (AvgIpc) is 3.32. The molecule has 1 fully saturated rings. The molecule has 1 aliphatic rings. The number of carbonyl (C=O) groups excluding carboxylic acids is 1. The summed E-state index contributed by atoms with van der Waals surface area (Å²) in [6.07, 6.45) is 5.29. The number of carbonyl (C=O) groups is 2. The predicted molar refractivity (Wildman–Crippen MR) is 109 cm³/mol. The lowest BCUT2D eigenvalue weighted by atomic mass is 10.0. The molecule has 3 aromatic heterocycles. The fourth-order valence-electron chi connectivity index (χ4n) is 3.87. The van der Waals surface area contributed by atoms with Gasteiger partial charge in [0.25, 0.3) is 11.5 Å². The van der Waals surface area contributed by atoms with Crippen molar-refractivity contribution in [1.29, 1.82) is 0 Å². The molecule has 1 amide bonds. The average molecular weight is 414 g/mol. The van der Waals surface area contributed by atoms with E-state index in [1.54, 1.807) is 19.2 Å². The molecule has 0 radical (unpaired) electrons. The number of piperidine rings is 1. The zero-order valence-electron chi connectivity index (χ0n) is 16.0. The summed E-state index contributed by atoms with van der Waals surface area (Å²) in [6, 6.07) is 2.93. The van der Waals surface area contributed by atoms with Gasteiger partial charge in [0.1, 0.15) is 17.5 Å². The van der Waals surface area contributed by atoms with E-state index in [9.17, 15) is 19.5 Å². The molecule has 3 N–H and O–H groups in total. The smallest absolute Gasteiger partial charge is 0.326 e. The zero-order valence-corrected chi connectivity index (χ0v) is 16.8. The van der Waals surface area contributed by atoms with Gasteiger partial charge in [-0.25, -0.2) is 9.78 Å². The Bertz CT molecular complexity index is 1130. The van der Waals surface area contributed by atoms with Crippen molar-refractivity contribution in [3.8, 4) is 0 Å². The van der Waals surface area contributed by atoms with E-state index in [0.717, 1.165) is 23.3 Å². The van der Waals surface area contributed by atoms with Gasteiger partial charge in [0.05, 0.1) is 10.3 Å². The Morgan fingerprint density at radius 3 is 2.93 bits per heavy atom. The van der Waals surface area contributed by atoms with Crippen molar-refractivity contribution in [2.75, 3.05) is 6.54 Å². The number of fused-ring (bicyclic) bond motifs is 1. The highest BCUT2D eigenvalue weighted by Crippen LogP contribution is 2.25. The standard InChI is InChI=1S/C20H22N4O4S/c1-11-22-17-16(18(25)23-11)12(10-21-17)5-6-13-7-8-15(29-13)19(26)24-9-3-2-4-14(24)20(27)28/h7-8,10,14H,2-6,9H2,1H3,(H,27,28)(H2,21,22,23,25). The third-order valence-electron chi connectivity index (χ3n) is 5.30. The van der Waals surface area contributed by atoms with E-state index in [2.05, 4.69) is 15.0 Å². The minimum Gasteiger partial charge on any atom is -0.480 e. The van der Waals surface area contributed by atoms with Crippen molar-refractivity contribution in [2.45, 2.75) is 45.1 Å². The highest BCUT2D eigenvalue weighted by atomic mass is 32.1. The zero-order chi connectivity index (χ0) is 20.5. The van der Waals surface area contributed by atoms with Gasteiger partial charge < -0.3 is 20.0 Å². The summed E-state index contributed by atoms with van der Waals surface area (Å²) in [5, 5.41) is 9.97. The van der Waals surface area contributed by atoms with Gasteiger partial charge in [0, 0.05) is 17.6 Å². The minimum atomic E-state index is -0.941. The van der Waals surface area contributed by atoms with Crippen LogP contribution in [0.3, 0.4) is 0 Å². The normalized spacial score (nSPS) is 17.0. The molecule has 8 nitrogen and oxygen atoms in total. The lowest BCUT2D eigenvalue weighted by molar-refractivity contribution is -0.143. The van der Waals surface area contributed by atoms with E-state index in [1.807, 2.05) is 6.07 Å². The van der Waals surface area contributed by atoms with Crippen LogP contribution in [0.25, 0.3) is 11.0 Å². The van der Waals surface area contributed by atoms with Crippen molar-refractivity contribution >= 4 is 34.2 Å². The third-order valence-corrected chi connectivity index (χ3v) is 6.44. The molecule has 9 heteroatoms. The Morgan fingerprint density at radius 2 is 2.14 bits per heavy atom. The van der Waals surface area contributed by atoms with Crippen LogP contribution in [0.2, 0.25) is 0 Å². The number of amides is 1. The number of nitrogens with zero attached hydrogens (tertiary/aromatic N) is 2. The van der Waals surface area contributed by atoms with Gasteiger partial charge in [-0.05, 0) is 56.7 Å². The van der Waals surface area contributed by atoms with E-state index in [1.165, 1.54) is 16.2 Å². The number of thiophene rings is 1. The van der Waals surface area contributed by atoms with Gasteiger partial charge in [-0.2, -0.15) is 0 Å². The van der Waals surface area contributed by atoms with Crippen LogP contribution in [-0.2, 0) is 17.6 Å². The van der Waals surface area contributed by atoms with Crippen LogP contribution in [0.4, 0.5) is 0 Å². The molecular formula is C20H22N4O4S. The van der Waals surface area contributed by atoms with E-state index >= 15 is 0 Å². The van der Waals surface area contributed by atoms with Gasteiger partial charge in [-0.15, -0.1) is 11.3 Å². The van der Waals surface area contributed by atoms with Gasteiger partial charge in [-0.3, -0.25) is 9.59 Å². The lowest BCUT2D eigenvalue weighted by Crippen LogP contribution is -2.47. The first-order valence-corrected chi connectivity index (χ1v) is 10.4. The van der Waals surface area contributed by atoms with Crippen LogP contribution in [0.1, 0.15) is 45.2 Å². The fraction of sp³-hybridized carbons (Fsp3) is 0.400. The molecule has 152 valence electrons. The predicted octanol–water partition coefficient (Wildman–Crippen LogP) is 2.49. The molecule has 1 aliphatic heterocycles. The molecule has 0 saturated carbocycles. The minimum absolute atomic E-state index is 0.157. The van der Waals surface area contributed by atoms with Crippen LogP contribution in [0, 0.1) is 6.92 Å². The molecule has 0 aliphatic carbocycles. The number of aromatic amines is 2. The lowest BCUT2D eigenvalue weighted by Gasteiger charge is -2.32. The van der Waals surface area contributed by atoms with Crippen LogP contribution in [0.5, 0.6) is 0 Å². The summed E-state index contributed by atoms with van der Waals surface area (Å²) in [5.41, 5.74) is 1.31. The molecule has 4 rings (SSSR count). The van der Waals surface area contributed by atoms with Crippen molar-refractivity contribution < 1.29 is 14.7 Å². The summed E-state index contributed by atoms with van der Waals surface area (Å²) < 4.78 is 0. The number of nitrogens with one attached hydrogen (secondary N) is 2. The quantitative estimate of drug-likeness (QED) is 0.593. The molecule has 1 unspecified atom stereocenters. The van der Waals surface area contributed by atoms with E-state index in [4.69, 9.17) is 0 Å². The second-order valence-corrected chi connectivity index (χ2v) is 8.47. The van der Waals surface area contributed by atoms with E-state index in [-0.39, 0.29) is 11.5 Å². The van der Waals surface area contributed by atoms with Crippen molar-refractivity contribution in [3.05, 3.63) is 49.8 Å². The summed E-state index contributed by atoms with van der Waals surface area (Å²) >= 11 is 1.39. The number of hydrogen-bond donors (Lipinski definition) is 3. The van der Waals surface area contributed by atoms with E-state index in [0.29, 0.717) is 47.5 Å². The number of carboxylic acid groups (broad SMARTS) is 1. The molecule has 1 atom stereocenters. The number of carboxylic acids is 1. The second kappa shape index (κ2) is 7.82. The number of aromatic nitrogens is 3.